The molecule has 0 amide bonds. The summed E-state index contributed by atoms with van der Waals surface area (Å²) in [5, 5.41) is 8.10. The summed E-state index contributed by atoms with van der Waals surface area (Å²) in [6, 6.07) is 7.10. The first-order valence-electron chi connectivity index (χ1n) is 9.66. The van der Waals surface area contributed by atoms with Gasteiger partial charge in [0.05, 0.1) is 12.7 Å². The monoisotopic (exact) mass is 481 g/mol. The largest absolute Gasteiger partial charge is 0.451 e. The van der Waals surface area contributed by atoms with Crippen molar-refractivity contribution >= 4 is 34.7 Å². The molecule has 1 aliphatic heterocycles. The van der Waals surface area contributed by atoms with Crippen LogP contribution in [0.2, 0.25) is 10.0 Å². The third-order valence-corrected chi connectivity index (χ3v) is 6.03. The molecule has 0 fully saturated rings. The lowest BCUT2D eigenvalue weighted by Crippen LogP contribution is -2.36. The lowest BCUT2D eigenvalue weighted by atomic mass is 10.0. The average Bonchev–Trinajstić information content (AvgIpc) is 3.36. The van der Waals surface area contributed by atoms with E-state index in [1.807, 2.05) is 27.6 Å². The van der Waals surface area contributed by atoms with Gasteiger partial charge in [0.25, 0.3) is 0 Å². The molecule has 7 nitrogen and oxygen atoms in total. The highest BCUT2D eigenvalue weighted by Gasteiger charge is 2.39. The van der Waals surface area contributed by atoms with Crippen molar-refractivity contribution in [2.24, 2.45) is 5.73 Å². The summed E-state index contributed by atoms with van der Waals surface area (Å²) < 4.78 is 42.4. The van der Waals surface area contributed by atoms with Crippen LogP contribution in [-0.4, -0.2) is 30.7 Å². The molecular weight excluding hydrogens is 466 g/mol. The van der Waals surface area contributed by atoms with Crippen molar-refractivity contribution in [3.8, 4) is 11.1 Å². The number of anilines is 1. The normalized spacial score (nSPS) is 14.2. The number of benzene rings is 1. The molecule has 5 rings (SSSR count). The molecule has 2 N–H and O–H groups in total. The van der Waals surface area contributed by atoms with Gasteiger partial charge in [-0.05, 0) is 23.8 Å². The van der Waals surface area contributed by atoms with Crippen molar-refractivity contribution in [3.63, 3.8) is 0 Å². The summed E-state index contributed by atoms with van der Waals surface area (Å²) in [7, 11) is 0. The van der Waals surface area contributed by atoms with Crippen molar-refractivity contribution in [2.45, 2.75) is 25.8 Å². The Labute approximate surface area is 190 Å². The maximum atomic E-state index is 13.1. The molecule has 0 saturated heterocycles. The highest BCUT2D eigenvalue weighted by Crippen LogP contribution is 2.35. The van der Waals surface area contributed by atoms with Crippen molar-refractivity contribution in [1.82, 2.24) is 24.1 Å². The lowest BCUT2D eigenvalue weighted by molar-refractivity contribution is -0.147. The van der Waals surface area contributed by atoms with Crippen LogP contribution in [-0.2, 0) is 25.8 Å². The van der Waals surface area contributed by atoms with Gasteiger partial charge in [0.2, 0.25) is 5.82 Å². The number of nitrogens with zero attached hydrogens (tertiary/aromatic N) is 6. The quantitative estimate of drug-likeness (QED) is 0.469. The summed E-state index contributed by atoms with van der Waals surface area (Å²) in [5.41, 5.74) is 9.08. The first-order valence-corrected chi connectivity index (χ1v) is 10.4. The Morgan fingerprint density at radius 3 is 2.59 bits per heavy atom. The second-order valence-electron chi connectivity index (χ2n) is 7.40. The number of fused-ring (bicyclic) bond motifs is 2. The van der Waals surface area contributed by atoms with Crippen LogP contribution in [0.3, 0.4) is 0 Å². The topological polar surface area (TPSA) is 77.3 Å². The number of imidazole rings is 1. The van der Waals surface area contributed by atoms with E-state index in [1.165, 1.54) is 0 Å². The number of aromatic nitrogens is 5. The number of nitrogens with two attached hydrogens (primary N) is 1. The van der Waals surface area contributed by atoms with Crippen molar-refractivity contribution in [2.75, 3.05) is 11.4 Å². The number of rotatable bonds is 3. The minimum absolute atomic E-state index is 0.112. The first kappa shape index (κ1) is 21.0. The molecule has 1 aliphatic rings. The molecule has 0 spiro atoms. The Kier molecular flexibility index (Phi) is 5.03. The van der Waals surface area contributed by atoms with Crippen molar-refractivity contribution in [3.05, 3.63) is 63.9 Å². The second kappa shape index (κ2) is 7.65. The minimum Gasteiger partial charge on any atom is -0.347 e. The zero-order valence-electron chi connectivity index (χ0n) is 16.4. The lowest BCUT2D eigenvalue weighted by Gasteiger charge is -2.29. The second-order valence-corrected chi connectivity index (χ2v) is 8.24. The number of alkyl halides is 3. The Balaban J connectivity index is 1.57. The fourth-order valence-electron chi connectivity index (χ4n) is 3.97. The smallest absolute Gasteiger partial charge is 0.347 e. The molecule has 0 aliphatic carbocycles. The maximum absolute atomic E-state index is 13.1. The molecule has 166 valence electrons. The van der Waals surface area contributed by atoms with E-state index in [0.29, 0.717) is 22.2 Å². The van der Waals surface area contributed by atoms with E-state index >= 15 is 0 Å². The van der Waals surface area contributed by atoms with Gasteiger partial charge in [0.1, 0.15) is 11.5 Å². The first-order chi connectivity index (χ1) is 15.3. The number of halogens is 5. The molecule has 4 aromatic rings. The number of pyridine rings is 1. The molecule has 4 heterocycles. The Bertz CT molecular complexity index is 1330. The van der Waals surface area contributed by atoms with Crippen LogP contribution in [0.5, 0.6) is 0 Å². The van der Waals surface area contributed by atoms with Gasteiger partial charge in [-0.2, -0.15) is 13.2 Å². The third kappa shape index (κ3) is 3.48. The molecule has 3 aromatic heterocycles. The van der Waals surface area contributed by atoms with Crippen LogP contribution in [0.25, 0.3) is 16.8 Å². The highest BCUT2D eigenvalue weighted by molar-refractivity contribution is 6.36. The van der Waals surface area contributed by atoms with E-state index in [9.17, 15) is 13.2 Å². The Morgan fingerprint density at radius 1 is 1.06 bits per heavy atom. The SMILES string of the molecule is NCc1cc2ncc(N3CCn4c(nnc4C(F)(F)F)C3)n2cc1-c1ccc(Cl)cc1Cl. The number of hydrogen-bond donors (Lipinski definition) is 1. The molecule has 0 saturated carbocycles. The van der Waals surface area contributed by atoms with Crippen LogP contribution in [0, 0.1) is 0 Å². The summed E-state index contributed by atoms with van der Waals surface area (Å²) in [6.07, 6.45) is -0.975. The molecule has 1 aromatic carbocycles. The fraction of sp³-hybridized carbons (Fsp3) is 0.250. The van der Waals surface area contributed by atoms with Gasteiger partial charge in [-0.3, -0.25) is 4.40 Å². The van der Waals surface area contributed by atoms with E-state index < -0.39 is 12.0 Å². The molecular formula is C20H16Cl2F3N7. The van der Waals surface area contributed by atoms with E-state index in [4.69, 9.17) is 28.9 Å². The van der Waals surface area contributed by atoms with Gasteiger partial charge in [-0.1, -0.05) is 29.3 Å². The summed E-state index contributed by atoms with van der Waals surface area (Å²) in [6.45, 7) is 0.908. The maximum Gasteiger partial charge on any atom is 0.451 e. The van der Waals surface area contributed by atoms with E-state index in [0.717, 1.165) is 27.1 Å². The van der Waals surface area contributed by atoms with E-state index in [2.05, 4.69) is 15.2 Å². The third-order valence-electron chi connectivity index (χ3n) is 5.49. The van der Waals surface area contributed by atoms with Crippen LogP contribution in [0.15, 0.2) is 36.7 Å². The van der Waals surface area contributed by atoms with Crippen LogP contribution < -0.4 is 10.6 Å². The van der Waals surface area contributed by atoms with Crippen LogP contribution in [0.1, 0.15) is 17.2 Å². The summed E-state index contributed by atoms with van der Waals surface area (Å²) >= 11 is 12.5. The molecule has 0 unspecified atom stereocenters. The molecule has 0 atom stereocenters. The number of hydrogen-bond acceptors (Lipinski definition) is 5. The summed E-state index contributed by atoms with van der Waals surface area (Å²) in [5.74, 6) is -0.00617. The zero-order chi connectivity index (χ0) is 22.6. The highest BCUT2D eigenvalue weighted by atomic mass is 35.5. The van der Waals surface area contributed by atoms with Gasteiger partial charge in [-0.15, -0.1) is 10.2 Å². The standard InChI is InChI=1S/C20H16Cl2F3N7/c21-12-1-2-13(15(22)6-12)14-9-32-16(5-11(14)7-26)27-8-18(32)30-3-4-31-17(10-30)28-29-19(31)20(23,24)25/h1-2,5-6,8-9H,3-4,7,10,26H2. The van der Waals surface area contributed by atoms with Gasteiger partial charge in [-0.25, -0.2) is 4.98 Å². The fourth-order valence-corrected chi connectivity index (χ4v) is 4.48. The van der Waals surface area contributed by atoms with E-state index in [1.54, 1.807) is 18.3 Å². The van der Waals surface area contributed by atoms with Gasteiger partial charge >= 0.3 is 6.18 Å². The van der Waals surface area contributed by atoms with Gasteiger partial charge < -0.3 is 15.2 Å². The van der Waals surface area contributed by atoms with E-state index in [-0.39, 0.29) is 25.5 Å². The van der Waals surface area contributed by atoms with Crippen LogP contribution in [0.4, 0.5) is 19.0 Å². The van der Waals surface area contributed by atoms with Crippen molar-refractivity contribution in [1.29, 1.82) is 0 Å². The average molecular weight is 482 g/mol. The molecule has 0 bridgehead atoms. The molecule has 32 heavy (non-hydrogen) atoms. The zero-order valence-corrected chi connectivity index (χ0v) is 18.0. The summed E-state index contributed by atoms with van der Waals surface area (Å²) in [4.78, 5) is 6.38. The van der Waals surface area contributed by atoms with Crippen molar-refractivity contribution < 1.29 is 13.2 Å². The molecule has 12 heteroatoms. The predicted octanol–water partition coefficient (Wildman–Crippen LogP) is 4.40. The van der Waals surface area contributed by atoms with Crippen LogP contribution >= 0.6 is 23.2 Å². The van der Waals surface area contributed by atoms with Gasteiger partial charge in [0, 0.05) is 47.0 Å². The molecule has 0 radical (unpaired) electrons. The Hall–Kier alpha value is -2.82. The Morgan fingerprint density at radius 2 is 1.88 bits per heavy atom. The minimum atomic E-state index is -4.54. The predicted molar refractivity (Wildman–Crippen MR) is 115 cm³/mol. The van der Waals surface area contributed by atoms with Gasteiger partial charge in [0.15, 0.2) is 5.82 Å².